The van der Waals surface area contributed by atoms with Gasteiger partial charge in [0.25, 0.3) is 5.91 Å². The van der Waals surface area contributed by atoms with Crippen LogP contribution < -0.4 is 0 Å². The van der Waals surface area contributed by atoms with Crippen LogP contribution in [-0.2, 0) is 29.4 Å². The number of hydrogen-bond donors (Lipinski definition) is 0. The number of likely N-dealkylation sites (tertiary alicyclic amines) is 1. The first kappa shape index (κ1) is 22.3. The number of aromatic nitrogens is 2. The third-order valence-corrected chi connectivity index (χ3v) is 5.89. The molecule has 1 atom stereocenters. The molecule has 1 aromatic carbocycles. The maximum Gasteiger partial charge on any atom is 0.314 e. The summed E-state index contributed by atoms with van der Waals surface area (Å²) >= 11 is 6.16. The van der Waals surface area contributed by atoms with Gasteiger partial charge in [0.1, 0.15) is 5.69 Å². The molecule has 2 heterocycles. The van der Waals surface area contributed by atoms with Crippen LogP contribution in [0.15, 0.2) is 30.3 Å². The maximum absolute atomic E-state index is 13.3. The van der Waals surface area contributed by atoms with Gasteiger partial charge in [-0.1, -0.05) is 37.1 Å². The highest BCUT2D eigenvalue weighted by molar-refractivity contribution is 6.30. The second-order valence-corrected chi connectivity index (χ2v) is 8.47. The number of benzene rings is 1. The highest BCUT2D eigenvalue weighted by atomic mass is 35.5. The smallest absolute Gasteiger partial charge is 0.314 e. The zero-order chi connectivity index (χ0) is 21.7. The molecule has 1 aromatic heterocycles. The summed E-state index contributed by atoms with van der Waals surface area (Å²) in [6.45, 7) is 5.15. The fourth-order valence-electron chi connectivity index (χ4n) is 4.28. The minimum Gasteiger partial charge on any atom is -0.466 e. The molecule has 0 radical (unpaired) electrons. The van der Waals surface area contributed by atoms with Crippen LogP contribution in [0.1, 0.15) is 54.9 Å². The molecule has 162 valence electrons. The summed E-state index contributed by atoms with van der Waals surface area (Å²) < 4.78 is 7.10. The largest absolute Gasteiger partial charge is 0.466 e. The number of piperidine rings is 1. The Labute approximate surface area is 183 Å². The fourth-order valence-corrected chi connectivity index (χ4v) is 4.49. The Morgan fingerprint density at radius 2 is 2.07 bits per heavy atom. The van der Waals surface area contributed by atoms with E-state index >= 15 is 0 Å². The maximum atomic E-state index is 13.3. The molecule has 6 nitrogen and oxygen atoms in total. The minimum absolute atomic E-state index is 0.0909. The number of esters is 1. The van der Waals surface area contributed by atoms with E-state index in [9.17, 15) is 9.59 Å². The van der Waals surface area contributed by atoms with Crippen LogP contribution in [-0.4, -0.2) is 46.3 Å². The average molecular weight is 432 g/mol. The molecular weight excluding hydrogens is 402 g/mol. The molecule has 1 amide bonds. The van der Waals surface area contributed by atoms with E-state index in [4.69, 9.17) is 16.3 Å². The average Bonchev–Trinajstić information content (AvgIpc) is 3.08. The second kappa shape index (κ2) is 9.65. The number of carbonyl (C=O) groups is 2. The molecular formula is C23H30ClN3O3. The fraction of sp³-hybridized carbons (Fsp3) is 0.522. The predicted octanol–water partition coefficient (Wildman–Crippen LogP) is 4.05. The first-order valence-corrected chi connectivity index (χ1v) is 11.0. The van der Waals surface area contributed by atoms with Crippen LogP contribution in [0.2, 0.25) is 5.02 Å². The van der Waals surface area contributed by atoms with Crippen molar-refractivity contribution in [1.82, 2.24) is 14.7 Å². The van der Waals surface area contributed by atoms with Crippen LogP contribution in [0.4, 0.5) is 0 Å². The zero-order valence-corrected chi connectivity index (χ0v) is 18.7. The number of amides is 1. The summed E-state index contributed by atoms with van der Waals surface area (Å²) in [5.41, 5.74) is 1.66. The summed E-state index contributed by atoms with van der Waals surface area (Å²) in [5.74, 6) is -0.342. The van der Waals surface area contributed by atoms with E-state index in [2.05, 4.69) is 12.0 Å². The normalized spacial score (nSPS) is 19.0. The molecule has 1 fully saturated rings. The van der Waals surface area contributed by atoms with Crippen molar-refractivity contribution in [1.29, 1.82) is 0 Å². The number of rotatable bonds is 7. The molecule has 2 aromatic rings. The predicted molar refractivity (Wildman–Crippen MR) is 117 cm³/mol. The topological polar surface area (TPSA) is 64.4 Å². The molecule has 0 aliphatic carbocycles. The Morgan fingerprint density at radius 1 is 1.27 bits per heavy atom. The summed E-state index contributed by atoms with van der Waals surface area (Å²) in [5, 5.41) is 5.09. The molecule has 1 aliphatic rings. The molecule has 7 heteroatoms. The van der Waals surface area contributed by atoms with Gasteiger partial charge in [-0.15, -0.1) is 0 Å². The lowest BCUT2D eigenvalue weighted by Crippen LogP contribution is -2.52. The van der Waals surface area contributed by atoms with Gasteiger partial charge in [-0.05, 0) is 56.4 Å². The number of aryl methyl sites for hydroxylation is 2. The Kier molecular flexibility index (Phi) is 7.19. The highest BCUT2D eigenvalue weighted by Gasteiger charge is 2.45. The van der Waals surface area contributed by atoms with Gasteiger partial charge in [0.2, 0.25) is 0 Å². The number of ether oxygens (including phenoxy) is 1. The standard InChI is InChI=1S/C23H30ClN3O3/c1-4-8-19-14-20(26(3)25-19)21(28)27-12-7-11-23(16-27,22(29)30-5-2)15-17-9-6-10-18(24)13-17/h6,9-10,13-14H,4-5,7-8,11-12,15-16H2,1-3H3/t23-/m0/s1. The van der Waals surface area contributed by atoms with Gasteiger partial charge in [0, 0.05) is 25.2 Å². The molecule has 1 aliphatic heterocycles. The minimum atomic E-state index is -0.778. The number of hydrogen-bond acceptors (Lipinski definition) is 4. The molecule has 1 saturated heterocycles. The van der Waals surface area contributed by atoms with Crippen molar-refractivity contribution in [2.24, 2.45) is 12.5 Å². The van der Waals surface area contributed by atoms with Crippen molar-refractivity contribution in [2.45, 2.75) is 46.0 Å². The van der Waals surface area contributed by atoms with E-state index in [1.54, 1.807) is 16.6 Å². The first-order chi connectivity index (χ1) is 14.4. The van der Waals surface area contributed by atoms with Gasteiger partial charge >= 0.3 is 5.97 Å². The number of nitrogens with zero attached hydrogens (tertiary/aromatic N) is 3. The Morgan fingerprint density at radius 3 is 2.77 bits per heavy atom. The van der Waals surface area contributed by atoms with Crippen LogP contribution in [0, 0.1) is 5.41 Å². The molecule has 30 heavy (non-hydrogen) atoms. The third kappa shape index (κ3) is 4.86. The highest BCUT2D eigenvalue weighted by Crippen LogP contribution is 2.36. The van der Waals surface area contributed by atoms with Crippen molar-refractivity contribution in [3.05, 3.63) is 52.3 Å². The van der Waals surface area contributed by atoms with E-state index in [1.807, 2.05) is 37.3 Å². The number of halogens is 1. The Bertz CT molecular complexity index is 911. The Hall–Kier alpha value is -2.34. The molecule has 0 saturated carbocycles. The summed E-state index contributed by atoms with van der Waals surface area (Å²) in [4.78, 5) is 28.1. The quantitative estimate of drug-likeness (QED) is 0.620. The van der Waals surface area contributed by atoms with Crippen LogP contribution >= 0.6 is 11.6 Å². The van der Waals surface area contributed by atoms with Gasteiger partial charge in [-0.3, -0.25) is 14.3 Å². The van der Waals surface area contributed by atoms with E-state index in [1.165, 1.54) is 0 Å². The molecule has 0 unspecified atom stereocenters. The van der Waals surface area contributed by atoms with Crippen molar-refractivity contribution >= 4 is 23.5 Å². The molecule has 3 rings (SSSR count). The Balaban J connectivity index is 1.87. The SMILES string of the molecule is CCCc1cc(C(=O)N2CCC[C@@](Cc3cccc(Cl)c3)(C(=O)OCC)C2)n(C)n1. The lowest BCUT2D eigenvalue weighted by molar-refractivity contribution is -0.158. The van der Waals surface area contributed by atoms with Crippen LogP contribution in [0.25, 0.3) is 0 Å². The van der Waals surface area contributed by atoms with Crippen LogP contribution in [0.3, 0.4) is 0 Å². The van der Waals surface area contributed by atoms with E-state index in [0.717, 1.165) is 30.5 Å². The number of carbonyl (C=O) groups excluding carboxylic acids is 2. The molecule has 0 bridgehead atoms. The van der Waals surface area contributed by atoms with Crippen LogP contribution in [0.5, 0.6) is 0 Å². The third-order valence-electron chi connectivity index (χ3n) is 5.66. The molecule has 0 N–H and O–H groups in total. The lowest BCUT2D eigenvalue weighted by Gasteiger charge is -2.41. The van der Waals surface area contributed by atoms with Gasteiger partial charge in [-0.25, -0.2) is 0 Å². The zero-order valence-electron chi connectivity index (χ0n) is 18.0. The summed E-state index contributed by atoms with van der Waals surface area (Å²) in [6, 6.07) is 9.40. The van der Waals surface area contributed by atoms with Gasteiger partial charge in [0.05, 0.1) is 17.7 Å². The van der Waals surface area contributed by atoms with E-state index in [-0.39, 0.29) is 11.9 Å². The van der Waals surface area contributed by atoms with Crippen molar-refractivity contribution < 1.29 is 14.3 Å². The lowest BCUT2D eigenvalue weighted by atomic mass is 9.75. The monoisotopic (exact) mass is 431 g/mol. The second-order valence-electron chi connectivity index (χ2n) is 8.03. The summed E-state index contributed by atoms with van der Waals surface area (Å²) in [7, 11) is 1.79. The van der Waals surface area contributed by atoms with E-state index in [0.29, 0.717) is 43.3 Å². The van der Waals surface area contributed by atoms with Crippen molar-refractivity contribution in [3.63, 3.8) is 0 Å². The van der Waals surface area contributed by atoms with Gasteiger partial charge < -0.3 is 9.64 Å². The van der Waals surface area contributed by atoms with Crippen molar-refractivity contribution in [2.75, 3.05) is 19.7 Å². The van der Waals surface area contributed by atoms with Gasteiger partial charge in [0.15, 0.2) is 0 Å². The first-order valence-electron chi connectivity index (χ1n) is 10.6. The van der Waals surface area contributed by atoms with Gasteiger partial charge in [-0.2, -0.15) is 5.10 Å². The summed E-state index contributed by atoms with van der Waals surface area (Å²) in [6.07, 6.45) is 3.71. The van der Waals surface area contributed by atoms with Crippen molar-refractivity contribution in [3.8, 4) is 0 Å². The van der Waals surface area contributed by atoms with E-state index < -0.39 is 5.41 Å². The molecule has 0 spiro atoms.